The van der Waals surface area contributed by atoms with Crippen molar-refractivity contribution in [1.82, 2.24) is 4.31 Å². The molecule has 2 aromatic carbocycles. The average Bonchev–Trinajstić information content (AvgIpc) is 3.23. The minimum Gasteiger partial charge on any atom is -0.496 e. The lowest BCUT2D eigenvalue weighted by Crippen LogP contribution is -2.28. The zero-order valence-corrected chi connectivity index (χ0v) is 16.6. The molecule has 0 atom stereocenters. The molecule has 148 valence electrons. The Balaban J connectivity index is 1.92. The van der Waals surface area contributed by atoms with Crippen molar-refractivity contribution in [2.45, 2.75) is 24.7 Å². The van der Waals surface area contributed by atoms with Gasteiger partial charge in [0.15, 0.2) is 5.78 Å². The number of carbonyl (C=O) groups excluding carboxylic acids is 2. The van der Waals surface area contributed by atoms with Crippen LogP contribution < -0.4 is 10.1 Å². The van der Waals surface area contributed by atoms with Crippen molar-refractivity contribution in [3.63, 3.8) is 0 Å². The molecule has 1 saturated heterocycles. The fraction of sp³-hybridized carbons (Fsp3) is 0.300. The third-order valence-corrected chi connectivity index (χ3v) is 6.54. The molecule has 8 heteroatoms. The molecule has 0 aliphatic carbocycles. The molecule has 1 aliphatic heterocycles. The highest BCUT2D eigenvalue weighted by Gasteiger charge is 2.28. The molecule has 1 heterocycles. The van der Waals surface area contributed by atoms with E-state index in [0.29, 0.717) is 24.3 Å². The number of hydrogen-bond acceptors (Lipinski definition) is 5. The van der Waals surface area contributed by atoms with Gasteiger partial charge in [-0.05, 0) is 50.1 Å². The molecule has 7 nitrogen and oxygen atoms in total. The van der Waals surface area contributed by atoms with Gasteiger partial charge >= 0.3 is 0 Å². The standard InChI is InChI=1S/C20H22N2O5S/c1-14(23)15-6-5-7-16(12-15)21-20(24)18-13-17(8-9-19(18)27-2)28(25,26)22-10-3-4-11-22/h5-9,12-13H,3-4,10-11H2,1-2H3,(H,21,24). The van der Waals surface area contributed by atoms with E-state index in [1.54, 1.807) is 24.3 Å². The van der Waals surface area contributed by atoms with E-state index < -0.39 is 15.9 Å². The number of anilines is 1. The molecule has 0 saturated carbocycles. The second kappa shape index (κ2) is 8.12. The zero-order chi connectivity index (χ0) is 20.3. The number of amides is 1. The van der Waals surface area contributed by atoms with Crippen LogP contribution in [0.1, 0.15) is 40.5 Å². The van der Waals surface area contributed by atoms with Gasteiger partial charge in [0.1, 0.15) is 5.75 Å². The van der Waals surface area contributed by atoms with E-state index in [0.717, 1.165) is 12.8 Å². The second-order valence-electron chi connectivity index (χ2n) is 6.56. The van der Waals surface area contributed by atoms with E-state index >= 15 is 0 Å². The molecule has 0 radical (unpaired) electrons. The van der Waals surface area contributed by atoms with Crippen molar-refractivity contribution < 1.29 is 22.7 Å². The number of benzene rings is 2. The Hall–Kier alpha value is -2.71. The van der Waals surface area contributed by atoms with E-state index in [1.807, 2.05) is 0 Å². The fourth-order valence-electron chi connectivity index (χ4n) is 3.12. The van der Waals surface area contributed by atoms with Gasteiger partial charge < -0.3 is 10.1 Å². The maximum atomic E-state index is 12.8. The summed E-state index contributed by atoms with van der Waals surface area (Å²) in [5, 5.41) is 2.70. The highest BCUT2D eigenvalue weighted by Crippen LogP contribution is 2.27. The number of ketones is 1. The molecule has 0 aromatic heterocycles. The van der Waals surface area contributed by atoms with Gasteiger partial charge in [-0.2, -0.15) is 4.31 Å². The fourth-order valence-corrected chi connectivity index (χ4v) is 4.66. The van der Waals surface area contributed by atoms with Gasteiger partial charge in [0.25, 0.3) is 5.91 Å². The maximum absolute atomic E-state index is 12.8. The van der Waals surface area contributed by atoms with Crippen LogP contribution in [0.25, 0.3) is 0 Å². The van der Waals surface area contributed by atoms with E-state index in [4.69, 9.17) is 4.74 Å². The highest BCUT2D eigenvalue weighted by atomic mass is 32.2. The number of methoxy groups -OCH3 is 1. The van der Waals surface area contributed by atoms with Crippen molar-refractivity contribution in [1.29, 1.82) is 0 Å². The summed E-state index contributed by atoms with van der Waals surface area (Å²) < 4.78 is 32.3. The molecule has 1 N–H and O–H groups in total. The van der Waals surface area contributed by atoms with E-state index in [9.17, 15) is 18.0 Å². The molecule has 0 bridgehead atoms. The third-order valence-electron chi connectivity index (χ3n) is 4.65. The monoisotopic (exact) mass is 402 g/mol. The Bertz CT molecular complexity index is 1010. The van der Waals surface area contributed by atoms with Crippen LogP contribution in [0.4, 0.5) is 5.69 Å². The molecular weight excluding hydrogens is 380 g/mol. The average molecular weight is 402 g/mol. The summed E-state index contributed by atoms with van der Waals surface area (Å²) in [4.78, 5) is 24.4. The van der Waals surface area contributed by atoms with Gasteiger partial charge in [0.2, 0.25) is 10.0 Å². The van der Waals surface area contributed by atoms with Crippen molar-refractivity contribution in [3.05, 3.63) is 53.6 Å². The minimum atomic E-state index is -3.66. The van der Waals surface area contributed by atoms with Crippen molar-refractivity contribution in [3.8, 4) is 5.75 Å². The summed E-state index contributed by atoms with van der Waals surface area (Å²) in [5.74, 6) is -0.371. The Morgan fingerprint density at radius 2 is 1.79 bits per heavy atom. The molecule has 1 amide bonds. The maximum Gasteiger partial charge on any atom is 0.259 e. The SMILES string of the molecule is COc1ccc(S(=O)(=O)N2CCCC2)cc1C(=O)Nc1cccc(C(C)=O)c1. The van der Waals surface area contributed by atoms with E-state index in [2.05, 4.69) is 5.32 Å². The predicted octanol–water partition coefficient (Wildman–Crippen LogP) is 2.93. The molecule has 0 unspecified atom stereocenters. The number of Topliss-reactive ketones (excluding diaryl/α,β-unsaturated/α-hetero) is 1. The number of sulfonamides is 1. The van der Waals surface area contributed by atoms with Crippen LogP contribution in [-0.2, 0) is 10.0 Å². The lowest BCUT2D eigenvalue weighted by atomic mass is 10.1. The van der Waals surface area contributed by atoms with Crippen LogP contribution >= 0.6 is 0 Å². The first-order valence-electron chi connectivity index (χ1n) is 8.93. The summed E-state index contributed by atoms with van der Waals surface area (Å²) in [6.07, 6.45) is 1.66. The quantitative estimate of drug-likeness (QED) is 0.750. The molecular formula is C20H22N2O5S. The van der Waals surface area contributed by atoms with Crippen LogP contribution in [0.5, 0.6) is 5.75 Å². The number of nitrogens with one attached hydrogen (secondary N) is 1. The number of rotatable bonds is 6. The number of nitrogens with zero attached hydrogens (tertiary/aromatic N) is 1. The topological polar surface area (TPSA) is 92.8 Å². The first kappa shape index (κ1) is 20.0. The van der Waals surface area contributed by atoms with Gasteiger partial charge in [0.05, 0.1) is 17.6 Å². The third kappa shape index (κ3) is 4.07. The molecule has 28 heavy (non-hydrogen) atoms. The Morgan fingerprint density at radius 3 is 2.43 bits per heavy atom. The number of hydrogen-bond donors (Lipinski definition) is 1. The lowest BCUT2D eigenvalue weighted by Gasteiger charge is -2.17. The van der Waals surface area contributed by atoms with Gasteiger partial charge in [-0.15, -0.1) is 0 Å². The lowest BCUT2D eigenvalue weighted by molar-refractivity contribution is 0.101. The summed E-state index contributed by atoms with van der Waals surface area (Å²) >= 11 is 0. The summed E-state index contributed by atoms with van der Waals surface area (Å²) in [5.41, 5.74) is 1.01. The van der Waals surface area contributed by atoms with Crippen LogP contribution in [0, 0.1) is 0 Å². The van der Waals surface area contributed by atoms with Crippen LogP contribution in [0.3, 0.4) is 0 Å². The van der Waals surface area contributed by atoms with Crippen LogP contribution in [0.15, 0.2) is 47.4 Å². The van der Waals surface area contributed by atoms with Crippen molar-refractivity contribution >= 4 is 27.4 Å². The molecule has 1 aliphatic rings. The molecule has 0 spiro atoms. The largest absolute Gasteiger partial charge is 0.496 e. The molecule has 2 aromatic rings. The van der Waals surface area contributed by atoms with E-state index in [-0.39, 0.29) is 22.0 Å². The zero-order valence-electron chi connectivity index (χ0n) is 15.8. The van der Waals surface area contributed by atoms with Crippen LogP contribution in [0.2, 0.25) is 0 Å². The Morgan fingerprint density at radius 1 is 1.07 bits per heavy atom. The van der Waals surface area contributed by atoms with Crippen molar-refractivity contribution in [2.24, 2.45) is 0 Å². The van der Waals surface area contributed by atoms with Crippen LogP contribution in [-0.4, -0.2) is 44.6 Å². The van der Waals surface area contributed by atoms with Gasteiger partial charge in [-0.1, -0.05) is 12.1 Å². The Labute approximate surface area is 164 Å². The number of ether oxygens (including phenoxy) is 1. The second-order valence-corrected chi connectivity index (χ2v) is 8.50. The van der Waals surface area contributed by atoms with E-state index in [1.165, 1.54) is 36.5 Å². The minimum absolute atomic E-state index is 0.0536. The Kier molecular flexibility index (Phi) is 5.81. The smallest absolute Gasteiger partial charge is 0.259 e. The molecule has 3 rings (SSSR count). The number of carbonyl (C=O) groups is 2. The normalized spacial score (nSPS) is 14.6. The highest BCUT2D eigenvalue weighted by molar-refractivity contribution is 7.89. The first-order chi connectivity index (χ1) is 13.3. The van der Waals surface area contributed by atoms with Gasteiger partial charge in [0, 0.05) is 24.3 Å². The van der Waals surface area contributed by atoms with Crippen molar-refractivity contribution in [2.75, 3.05) is 25.5 Å². The summed E-state index contributed by atoms with van der Waals surface area (Å²) in [7, 11) is -2.24. The predicted molar refractivity (Wildman–Crippen MR) is 105 cm³/mol. The summed E-state index contributed by atoms with van der Waals surface area (Å²) in [6.45, 7) is 2.40. The summed E-state index contributed by atoms with van der Waals surface area (Å²) in [6, 6.07) is 10.8. The molecule has 1 fully saturated rings. The van der Waals surface area contributed by atoms with Gasteiger partial charge in [-0.25, -0.2) is 8.42 Å². The van der Waals surface area contributed by atoms with Gasteiger partial charge in [-0.3, -0.25) is 9.59 Å². The first-order valence-corrected chi connectivity index (χ1v) is 10.4.